The molecule has 0 aliphatic heterocycles. The molecule has 0 heterocycles. The summed E-state index contributed by atoms with van der Waals surface area (Å²) in [6.07, 6.45) is 9.77. The molecule has 0 aliphatic rings. The third-order valence-corrected chi connectivity index (χ3v) is 3.17. The first-order valence-electron chi connectivity index (χ1n) is 7.16. The third-order valence-electron chi connectivity index (χ3n) is 3.17. The molecule has 18 heavy (non-hydrogen) atoms. The van der Waals surface area contributed by atoms with Gasteiger partial charge in [-0.3, -0.25) is 0 Å². The van der Waals surface area contributed by atoms with Gasteiger partial charge in [-0.1, -0.05) is 75.9 Å². The highest BCUT2D eigenvalue weighted by Gasteiger charge is 1.98. The van der Waals surface area contributed by atoms with E-state index in [2.05, 4.69) is 31.7 Å². The van der Waals surface area contributed by atoms with E-state index in [1.54, 1.807) is 0 Å². The van der Waals surface area contributed by atoms with Crippen LogP contribution in [0.4, 0.5) is 0 Å². The molecule has 0 radical (unpaired) electrons. The minimum atomic E-state index is 0.706. The molecule has 0 spiro atoms. The van der Waals surface area contributed by atoms with Gasteiger partial charge in [0.2, 0.25) is 0 Å². The fourth-order valence-electron chi connectivity index (χ4n) is 2.03. The second kappa shape index (κ2) is 9.90. The molecule has 0 bridgehead atoms. The fraction of sp³-hybridized carbons (Fsp3) is 0.529. The van der Waals surface area contributed by atoms with Gasteiger partial charge in [0.1, 0.15) is 0 Å². The molecule has 0 aliphatic carbocycles. The molecule has 1 heteroatoms. The topological polar surface area (TPSA) is 9.23 Å². The third kappa shape index (κ3) is 6.02. The highest BCUT2D eigenvalue weighted by atomic mass is 16.5. The molecule has 1 aromatic carbocycles. The molecule has 1 rings (SSSR count). The van der Waals surface area contributed by atoms with Gasteiger partial charge in [-0.2, -0.15) is 0 Å². The summed E-state index contributed by atoms with van der Waals surface area (Å²) in [4.78, 5) is 0. The van der Waals surface area contributed by atoms with Crippen LogP contribution in [-0.4, -0.2) is 6.61 Å². The lowest BCUT2D eigenvalue weighted by atomic mass is 10.1. The van der Waals surface area contributed by atoms with Crippen LogP contribution in [0.2, 0.25) is 0 Å². The van der Waals surface area contributed by atoms with Gasteiger partial charge in [-0.05, 0) is 17.5 Å². The molecule has 1 aromatic rings. The van der Waals surface area contributed by atoms with Crippen molar-refractivity contribution in [2.75, 3.05) is 6.61 Å². The van der Waals surface area contributed by atoms with E-state index >= 15 is 0 Å². The van der Waals surface area contributed by atoms with Gasteiger partial charge in [-0.15, -0.1) is 0 Å². The molecule has 0 fully saturated rings. The number of ether oxygens (including phenoxy) is 1. The monoisotopic (exact) mass is 246 g/mol. The maximum Gasteiger partial charge on any atom is 0.0722 e. The van der Waals surface area contributed by atoms with Crippen LogP contribution in [0.5, 0.6) is 0 Å². The van der Waals surface area contributed by atoms with Crippen molar-refractivity contribution in [2.45, 2.75) is 52.1 Å². The van der Waals surface area contributed by atoms with Crippen LogP contribution >= 0.6 is 0 Å². The van der Waals surface area contributed by atoms with E-state index in [1.165, 1.54) is 49.7 Å². The number of hydrogen-bond donors (Lipinski definition) is 0. The smallest absolute Gasteiger partial charge is 0.0722 e. The highest BCUT2D eigenvalue weighted by molar-refractivity contribution is 5.51. The van der Waals surface area contributed by atoms with Crippen LogP contribution in [0.3, 0.4) is 0 Å². The van der Waals surface area contributed by atoms with E-state index in [4.69, 9.17) is 4.74 Å². The molecule has 0 aromatic heterocycles. The summed E-state index contributed by atoms with van der Waals surface area (Å²) >= 11 is 0. The lowest BCUT2D eigenvalue weighted by Crippen LogP contribution is -1.97. The van der Waals surface area contributed by atoms with E-state index < -0.39 is 0 Å². The zero-order valence-corrected chi connectivity index (χ0v) is 11.7. The number of unbranched alkanes of at least 4 members (excludes halogenated alkanes) is 5. The predicted octanol–water partition coefficient (Wildman–Crippen LogP) is 5.21. The molecule has 0 atom stereocenters. The first-order valence-corrected chi connectivity index (χ1v) is 7.16. The molecule has 0 amide bonds. The van der Waals surface area contributed by atoms with Gasteiger partial charge in [0.15, 0.2) is 0 Å². The molecule has 0 saturated carbocycles. The molecular formula is C17H26O. The van der Waals surface area contributed by atoms with Crippen LogP contribution < -0.4 is 0 Å². The van der Waals surface area contributed by atoms with Crippen molar-refractivity contribution >= 4 is 6.08 Å². The van der Waals surface area contributed by atoms with Crippen molar-refractivity contribution in [2.24, 2.45) is 0 Å². The average molecular weight is 246 g/mol. The summed E-state index contributed by atoms with van der Waals surface area (Å²) in [5.41, 5.74) is 2.42. The van der Waals surface area contributed by atoms with Gasteiger partial charge in [0, 0.05) is 6.61 Å². The van der Waals surface area contributed by atoms with Gasteiger partial charge in [0.05, 0.1) is 6.61 Å². The summed E-state index contributed by atoms with van der Waals surface area (Å²) in [5, 5.41) is 0. The van der Waals surface area contributed by atoms with Gasteiger partial charge < -0.3 is 4.74 Å². The first kappa shape index (κ1) is 15.0. The average Bonchev–Trinajstić information content (AvgIpc) is 2.42. The van der Waals surface area contributed by atoms with E-state index in [0.717, 1.165) is 6.61 Å². The van der Waals surface area contributed by atoms with Crippen LogP contribution in [0, 0.1) is 0 Å². The lowest BCUT2D eigenvalue weighted by Gasteiger charge is -2.07. The Morgan fingerprint density at radius 2 is 1.78 bits per heavy atom. The summed E-state index contributed by atoms with van der Waals surface area (Å²) in [6, 6.07) is 8.28. The summed E-state index contributed by atoms with van der Waals surface area (Å²) < 4.78 is 5.72. The van der Waals surface area contributed by atoms with Crippen molar-refractivity contribution in [1.82, 2.24) is 0 Å². The second-order valence-corrected chi connectivity index (χ2v) is 4.72. The zero-order chi connectivity index (χ0) is 13.1. The van der Waals surface area contributed by atoms with Crippen LogP contribution in [0.1, 0.15) is 56.6 Å². The van der Waals surface area contributed by atoms with E-state index in [9.17, 15) is 0 Å². The highest BCUT2D eigenvalue weighted by Crippen LogP contribution is 2.12. The van der Waals surface area contributed by atoms with Crippen LogP contribution in [0.15, 0.2) is 30.8 Å². The number of hydrogen-bond acceptors (Lipinski definition) is 1. The molecule has 1 nitrogen and oxygen atoms in total. The number of benzene rings is 1. The van der Waals surface area contributed by atoms with Crippen molar-refractivity contribution < 1.29 is 4.74 Å². The summed E-state index contributed by atoms with van der Waals surface area (Å²) in [5.74, 6) is 0. The molecule has 100 valence electrons. The Kier molecular flexibility index (Phi) is 8.24. The first-order chi connectivity index (χ1) is 8.88. The largest absolute Gasteiger partial charge is 0.377 e. The van der Waals surface area contributed by atoms with Crippen molar-refractivity contribution in [1.29, 1.82) is 0 Å². The lowest BCUT2D eigenvalue weighted by molar-refractivity contribution is 0.116. The summed E-state index contributed by atoms with van der Waals surface area (Å²) in [6.45, 7) is 7.65. The molecule has 0 N–H and O–H groups in total. The standard InChI is InChI=1S/C17H26O/c1-3-5-6-7-8-11-14-18-15-17-13-10-9-12-16(17)4-2/h4,9-10,12-13H,2-3,5-8,11,14-15H2,1H3. The van der Waals surface area contributed by atoms with E-state index in [0.29, 0.717) is 6.61 Å². The minimum Gasteiger partial charge on any atom is -0.377 e. The Labute approximate surface area is 112 Å². The fourth-order valence-corrected chi connectivity index (χ4v) is 2.03. The van der Waals surface area contributed by atoms with Gasteiger partial charge >= 0.3 is 0 Å². The Morgan fingerprint density at radius 1 is 1.06 bits per heavy atom. The maximum atomic E-state index is 5.72. The van der Waals surface area contributed by atoms with Crippen molar-refractivity contribution in [3.8, 4) is 0 Å². The SMILES string of the molecule is C=Cc1ccccc1COCCCCCCCC. The Bertz CT molecular complexity index is 330. The molecule has 0 unspecified atom stereocenters. The maximum absolute atomic E-state index is 5.72. The zero-order valence-electron chi connectivity index (χ0n) is 11.7. The molecule has 0 saturated heterocycles. The van der Waals surface area contributed by atoms with Crippen molar-refractivity contribution in [3.05, 3.63) is 42.0 Å². The van der Waals surface area contributed by atoms with Crippen LogP contribution in [-0.2, 0) is 11.3 Å². The van der Waals surface area contributed by atoms with E-state index in [-0.39, 0.29) is 0 Å². The van der Waals surface area contributed by atoms with Crippen LogP contribution in [0.25, 0.3) is 6.08 Å². The van der Waals surface area contributed by atoms with Gasteiger partial charge in [-0.25, -0.2) is 0 Å². The van der Waals surface area contributed by atoms with E-state index in [1.807, 2.05) is 12.1 Å². The normalized spacial score (nSPS) is 10.5. The Morgan fingerprint density at radius 3 is 2.56 bits per heavy atom. The second-order valence-electron chi connectivity index (χ2n) is 4.72. The van der Waals surface area contributed by atoms with Crippen molar-refractivity contribution in [3.63, 3.8) is 0 Å². The molecular weight excluding hydrogens is 220 g/mol. The van der Waals surface area contributed by atoms with Gasteiger partial charge in [0.25, 0.3) is 0 Å². The minimum absolute atomic E-state index is 0.706. The predicted molar refractivity (Wildman–Crippen MR) is 79.6 cm³/mol. The quantitative estimate of drug-likeness (QED) is 0.515. The Balaban J connectivity index is 2.09. The number of rotatable bonds is 10. The Hall–Kier alpha value is -1.08. The summed E-state index contributed by atoms with van der Waals surface area (Å²) in [7, 11) is 0.